The van der Waals surface area contributed by atoms with Gasteiger partial charge in [-0.15, -0.1) is 11.8 Å². The molecule has 0 spiro atoms. The van der Waals surface area contributed by atoms with Crippen molar-refractivity contribution in [1.82, 2.24) is 9.97 Å². The topological polar surface area (TPSA) is 47.0 Å². The lowest BCUT2D eigenvalue weighted by Crippen LogP contribution is -2.23. The molecule has 21 heavy (non-hydrogen) atoms. The van der Waals surface area contributed by atoms with E-state index in [-0.39, 0.29) is 0 Å². The fraction of sp³-hybridized carbons (Fsp3) is 0.500. The number of benzene rings is 1. The minimum absolute atomic E-state index is 0.530. The Balaban J connectivity index is 1.94. The highest BCUT2D eigenvalue weighted by Crippen LogP contribution is 2.29. The zero-order chi connectivity index (χ0) is 14.7. The second-order valence-corrected chi connectivity index (χ2v) is 6.21. The van der Waals surface area contributed by atoms with Crippen LogP contribution in [-0.4, -0.2) is 29.4 Å². The van der Waals surface area contributed by atoms with Gasteiger partial charge in [-0.3, -0.25) is 0 Å². The first-order valence-electron chi connectivity index (χ1n) is 7.46. The molecular weight excluding hydrogens is 282 g/mol. The summed E-state index contributed by atoms with van der Waals surface area (Å²) >= 11 is 1.64. The quantitative estimate of drug-likeness (QED) is 0.861. The molecule has 0 bridgehead atoms. The monoisotopic (exact) mass is 303 g/mol. The van der Waals surface area contributed by atoms with Crippen LogP contribution in [0.5, 0.6) is 5.75 Å². The maximum Gasteiger partial charge on any atom is 0.159 e. The first kappa shape index (κ1) is 14.4. The molecule has 1 aromatic carbocycles. The second-order valence-electron chi connectivity index (χ2n) is 5.42. The fourth-order valence-electron chi connectivity index (χ4n) is 2.82. The van der Waals surface area contributed by atoms with E-state index in [0.717, 1.165) is 27.6 Å². The highest BCUT2D eigenvalue weighted by atomic mass is 32.2. The Kier molecular flexibility index (Phi) is 4.48. The van der Waals surface area contributed by atoms with Crippen LogP contribution in [0, 0.1) is 0 Å². The fourth-order valence-corrected chi connectivity index (χ4v) is 3.31. The van der Waals surface area contributed by atoms with Crippen LogP contribution in [0.25, 0.3) is 11.0 Å². The molecule has 2 aromatic rings. The predicted molar refractivity (Wildman–Crippen MR) is 88.4 cm³/mol. The Morgan fingerprint density at radius 3 is 2.67 bits per heavy atom. The van der Waals surface area contributed by atoms with Gasteiger partial charge in [-0.05, 0) is 31.2 Å². The number of methoxy groups -OCH3 is 1. The van der Waals surface area contributed by atoms with E-state index in [0.29, 0.717) is 6.04 Å². The van der Waals surface area contributed by atoms with Gasteiger partial charge in [-0.25, -0.2) is 9.97 Å². The van der Waals surface area contributed by atoms with Gasteiger partial charge in [0.15, 0.2) is 5.82 Å². The van der Waals surface area contributed by atoms with E-state index in [1.807, 2.05) is 24.5 Å². The molecule has 1 aromatic heterocycles. The van der Waals surface area contributed by atoms with Gasteiger partial charge in [0, 0.05) is 12.1 Å². The molecular formula is C16H21N3OS. The molecule has 0 unspecified atom stereocenters. The molecule has 1 aliphatic carbocycles. The molecule has 3 rings (SSSR count). The summed E-state index contributed by atoms with van der Waals surface area (Å²) in [5.74, 6) is 1.73. The minimum Gasteiger partial charge on any atom is -0.497 e. The van der Waals surface area contributed by atoms with E-state index in [2.05, 4.69) is 5.32 Å². The Morgan fingerprint density at radius 1 is 1.14 bits per heavy atom. The molecule has 5 heteroatoms. The SMILES string of the molecule is COc1ccc2nc(SC)c(NC3CCCCC3)nc2c1. The van der Waals surface area contributed by atoms with E-state index < -0.39 is 0 Å². The van der Waals surface area contributed by atoms with Crippen LogP contribution in [0.4, 0.5) is 5.82 Å². The van der Waals surface area contributed by atoms with Gasteiger partial charge in [0.05, 0.1) is 18.1 Å². The minimum atomic E-state index is 0.530. The molecule has 4 nitrogen and oxygen atoms in total. The van der Waals surface area contributed by atoms with Gasteiger partial charge in [-0.2, -0.15) is 0 Å². The van der Waals surface area contributed by atoms with Gasteiger partial charge in [0.1, 0.15) is 10.8 Å². The number of ether oxygens (including phenoxy) is 1. The number of rotatable bonds is 4. The molecule has 0 radical (unpaired) electrons. The summed E-state index contributed by atoms with van der Waals surface area (Å²) < 4.78 is 5.28. The number of aromatic nitrogens is 2. The van der Waals surface area contributed by atoms with Crippen LogP contribution < -0.4 is 10.1 Å². The zero-order valence-corrected chi connectivity index (χ0v) is 13.4. The van der Waals surface area contributed by atoms with E-state index in [9.17, 15) is 0 Å². The van der Waals surface area contributed by atoms with E-state index >= 15 is 0 Å². The van der Waals surface area contributed by atoms with Crippen molar-refractivity contribution in [3.8, 4) is 5.75 Å². The van der Waals surface area contributed by atoms with Crippen molar-refractivity contribution in [3.63, 3.8) is 0 Å². The molecule has 1 N–H and O–H groups in total. The number of thioether (sulfide) groups is 1. The Labute approximate surface area is 129 Å². The number of hydrogen-bond donors (Lipinski definition) is 1. The lowest BCUT2D eigenvalue weighted by molar-refractivity contribution is 0.415. The molecule has 1 heterocycles. The number of hydrogen-bond acceptors (Lipinski definition) is 5. The maximum atomic E-state index is 5.28. The summed E-state index contributed by atoms with van der Waals surface area (Å²) in [5.41, 5.74) is 1.79. The Morgan fingerprint density at radius 2 is 1.95 bits per heavy atom. The summed E-state index contributed by atoms with van der Waals surface area (Å²) in [5, 5.41) is 4.57. The smallest absolute Gasteiger partial charge is 0.159 e. The highest BCUT2D eigenvalue weighted by molar-refractivity contribution is 7.98. The number of anilines is 1. The van der Waals surface area contributed by atoms with E-state index in [4.69, 9.17) is 14.7 Å². The summed E-state index contributed by atoms with van der Waals surface area (Å²) in [4.78, 5) is 9.49. The maximum absolute atomic E-state index is 5.28. The first-order valence-corrected chi connectivity index (χ1v) is 8.69. The lowest BCUT2D eigenvalue weighted by Gasteiger charge is -2.24. The summed E-state index contributed by atoms with van der Waals surface area (Å²) in [7, 11) is 1.67. The molecule has 0 aliphatic heterocycles. The van der Waals surface area contributed by atoms with Crippen LogP contribution in [0.3, 0.4) is 0 Å². The van der Waals surface area contributed by atoms with Crippen LogP contribution in [0.1, 0.15) is 32.1 Å². The predicted octanol–water partition coefficient (Wildman–Crippen LogP) is 4.10. The van der Waals surface area contributed by atoms with Crippen molar-refractivity contribution >= 4 is 28.6 Å². The Hall–Kier alpha value is -1.49. The average molecular weight is 303 g/mol. The molecule has 1 fully saturated rings. The van der Waals surface area contributed by atoms with Crippen molar-refractivity contribution < 1.29 is 4.74 Å². The van der Waals surface area contributed by atoms with Gasteiger partial charge < -0.3 is 10.1 Å². The van der Waals surface area contributed by atoms with Crippen molar-refractivity contribution in [2.75, 3.05) is 18.7 Å². The molecule has 112 valence electrons. The van der Waals surface area contributed by atoms with Gasteiger partial charge in [-0.1, -0.05) is 19.3 Å². The van der Waals surface area contributed by atoms with Crippen molar-refractivity contribution in [3.05, 3.63) is 18.2 Å². The largest absolute Gasteiger partial charge is 0.497 e. The van der Waals surface area contributed by atoms with E-state index in [1.165, 1.54) is 32.1 Å². The third-order valence-electron chi connectivity index (χ3n) is 3.98. The second kappa shape index (κ2) is 6.52. The van der Waals surface area contributed by atoms with Crippen molar-refractivity contribution in [2.24, 2.45) is 0 Å². The number of nitrogens with one attached hydrogen (secondary N) is 1. The first-order chi connectivity index (χ1) is 10.3. The molecule has 0 saturated heterocycles. The zero-order valence-electron chi connectivity index (χ0n) is 12.6. The Bertz CT molecular complexity index is 626. The summed E-state index contributed by atoms with van der Waals surface area (Å²) in [6.45, 7) is 0. The molecule has 1 saturated carbocycles. The molecule has 0 atom stereocenters. The highest BCUT2D eigenvalue weighted by Gasteiger charge is 2.16. The van der Waals surface area contributed by atoms with Crippen molar-refractivity contribution in [2.45, 2.75) is 43.2 Å². The lowest BCUT2D eigenvalue weighted by atomic mass is 9.95. The van der Waals surface area contributed by atoms with Crippen LogP contribution in [0.15, 0.2) is 23.2 Å². The summed E-state index contributed by atoms with van der Waals surface area (Å²) in [6.07, 6.45) is 8.47. The van der Waals surface area contributed by atoms with Gasteiger partial charge in [0.2, 0.25) is 0 Å². The number of nitrogens with zero attached hydrogens (tertiary/aromatic N) is 2. The normalized spacial score (nSPS) is 16.1. The summed E-state index contributed by atoms with van der Waals surface area (Å²) in [6, 6.07) is 6.36. The van der Waals surface area contributed by atoms with E-state index in [1.54, 1.807) is 18.9 Å². The van der Waals surface area contributed by atoms with Gasteiger partial charge >= 0.3 is 0 Å². The van der Waals surface area contributed by atoms with Crippen molar-refractivity contribution in [1.29, 1.82) is 0 Å². The average Bonchev–Trinajstić information content (AvgIpc) is 2.54. The standard InChI is InChI=1S/C16H21N3OS/c1-20-12-8-9-13-14(10-12)18-15(16(19-13)21-2)17-11-6-4-3-5-7-11/h8-11H,3-7H2,1-2H3,(H,17,18). The number of fused-ring (bicyclic) bond motifs is 1. The van der Waals surface area contributed by atoms with Crippen LogP contribution in [-0.2, 0) is 0 Å². The molecule has 1 aliphatic rings. The van der Waals surface area contributed by atoms with Crippen LogP contribution in [0.2, 0.25) is 0 Å². The third kappa shape index (κ3) is 3.23. The third-order valence-corrected chi connectivity index (χ3v) is 4.65. The van der Waals surface area contributed by atoms with Crippen LogP contribution >= 0.6 is 11.8 Å². The molecule has 0 amide bonds. The van der Waals surface area contributed by atoms with Gasteiger partial charge in [0.25, 0.3) is 0 Å².